The Morgan fingerprint density at radius 1 is 0.864 bits per heavy atom. The monoisotopic (exact) mass is 307 g/mol. The Hall–Kier alpha value is -1.66. The second-order valence-corrected chi connectivity index (χ2v) is 7.01. The van der Waals surface area contributed by atoms with Crippen LogP contribution in [-0.2, 0) is 9.53 Å². The summed E-state index contributed by atoms with van der Waals surface area (Å²) in [5.74, 6) is 0.376. The number of carbonyl (C=O) groups excluding carboxylic acids is 1. The summed E-state index contributed by atoms with van der Waals surface area (Å²) >= 11 is 0. The Morgan fingerprint density at radius 3 is 1.91 bits per heavy atom. The Labute approximate surface area is 133 Å². The second-order valence-electron chi connectivity index (χ2n) is 4.82. The standard InChI is InChI=1S/C19H16O2P/c1-21-19(20)17-13-8-14-18(17)22(15-9-4-2-5-10-15)16-11-6-3-7-12-16/h2-14H,1H3. The Kier molecular flexibility index (Phi) is 4.90. The molecule has 1 aliphatic rings. The molecule has 0 N–H and O–H groups in total. The van der Waals surface area contributed by atoms with Crippen molar-refractivity contribution in [3.05, 3.63) is 91.5 Å². The predicted octanol–water partition coefficient (Wildman–Crippen LogP) is 3.03. The first kappa shape index (κ1) is 15.2. The highest BCUT2D eigenvalue weighted by molar-refractivity contribution is 7.76. The van der Waals surface area contributed by atoms with Crippen LogP contribution >= 0.6 is 7.92 Å². The maximum absolute atomic E-state index is 12.1. The van der Waals surface area contributed by atoms with Gasteiger partial charge in [-0.3, -0.25) is 4.79 Å². The summed E-state index contributed by atoms with van der Waals surface area (Å²) in [7, 11) is 0.654. The van der Waals surface area contributed by atoms with E-state index < -0.39 is 7.92 Å². The summed E-state index contributed by atoms with van der Waals surface area (Å²) < 4.78 is 4.93. The van der Waals surface area contributed by atoms with Crippen molar-refractivity contribution in [1.29, 1.82) is 0 Å². The Morgan fingerprint density at radius 2 is 1.41 bits per heavy atom. The maximum atomic E-state index is 12.1. The highest BCUT2D eigenvalue weighted by Crippen LogP contribution is 2.56. The normalized spacial score (nSPS) is 16.1. The maximum Gasteiger partial charge on any atom is 0.314 e. The van der Waals surface area contributed by atoms with E-state index in [1.807, 2.05) is 55.7 Å². The summed E-state index contributed by atoms with van der Waals surface area (Å²) in [6.45, 7) is 0. The molecule has 2 aromatic rings. The summed E-state index contributed by atoms with van der Waals surface area (Å²) in [5, 5.41) is 2.44. The molecule has 0 unspecified atom stereocenters. The molecule has 0 aliphatic heterocycles. The quantitative estimate of drug-likeness (QED) is 0.641. The van der Waals surface area contributed by atoms with Gasteiger partial charge in [0.05, 0.1) is 7.11 Å². The van der Waals surface area contributed by atoms with Crippen molar-refractivity contribution >= 4 is 24.5 Å². The second kappa shape index (κ2) is 7.07. The molecule has 0 spiro atoms. The van der Waals surface area contributed by atoms with Crippen molar-refractivity contribution in [2.45, 2.75) is 0 Å². The predicted molar refractivity (Wildman–Crippen MR) is 90.5 cm³/mol. The van der Waals surface area contributed by atoms with Gasteiger partial charge >= 0.3 is 5.97 Å². The molecule has 109 valence electrons. The van der Waals surface area contributed by atoms with Crippen molar-refractivity contribution in [3.63, 3.8) is 0 Å². The first-order chi connectivity index (χ1) is 10.8. The molecule has 0 heterocycles. The lowest BCUT2D eigenvalue weighted by Crippen LogP contribution is -2.23. The van der Waals surface area contributed by atoms with Crippen LogP contribution in [0.3, 0.4) is 0 Å². The topological polar surface area (TPSA) is 26.3 Å². The summed E-state index contributed by atoms with van der Waals surface area (Å²) in [5.41, 5.74) is 1.04. The van der Waals surface area contributed by atoms with Crippen molar-refractivity contribution in [3.8, 4) is 0 Å². The lowest BCUT2D eigenvalue weighted by atomic mass is 10.1. The largest absolute Gasteiger partial charge is 0.469 e. The zero-order valence-electron chi connectivity index (χ0n) is 12.3. The molecule has 3 heteroatoms. The molecule has 1 saturated carbocycles. The van der Waals surface area contributed by atoms with E-state index in [2.05, 4.69) is 24.3 Å². The summed E-state index contributed by atoms with van der Waals surface area (Å²) in [4.78, 5) is 12.1. The number of benzene rings is 2. The first-order valence-electron chi connectivity index (χ1n) is 7.05. The number of carbonyl (C=O) groups is 1. The van der Waals surface area contributed by atoms with E-state index in [1.165, 1.54) is 17.7 Å². The molecule has 1 fully saturated rings. The van der Waals surface area contributed by atoms with Gasteiger partial charge in [-0.25, -0.2) is 0 Å². The van der Waals surface area contributed by atoms with Gasteiger partial charge in [-0.2, -0.15) is 0 Å². The minimum atomic E-state index is -0.769. The van der Waals surface area contributed by atoms with Gasteiger partial charge in [0, 0.05) is 5.66 Å². The molecule has 0 saturated heterocycles. The third-order valence-electron chi connectivity index (χ3n) is 3.47. The van der Waals surface area contributed by atoms with Crippen molar-refractivity contribution in [2.75, 3.05) is 7.11 Å². The molecule has 3 rings (SSSR count). The van der Waals surface area contributed by atoms with E-state index in [0.29, 0.717) is 5.92 Å². The Balaban J connectivity index is 2.00. The molecule has 22 heavy (non-hydrogen) atoms. The molecule has 1 aliphatic carbocycles. The zero-order chi connectivity index (χ0) is 15.4. The van der Waals surface area contributed by atoms with Gasteiger partial charge in [0.2, 0.25) is 0 Å². The van der Waals surface area contributed by atoms with E-state index in [-0.39, 0.29) is 5.97 Å². The zero-order valence-corrected chi connectivity index (χ0v) is 13.2. The average molecular weight is 307 g/mol. The molecular formula is C19H16O2P. The van der Waals surface area contributed by atoms with Crippen LogP contribution in [0, 0.1) is 30.8 Å². The molecule has 2 nitrogen and oxygen atoms in total. The average Bonchev–Trinajstić information content (AvgIpc) is 3.06. The SMILES string of the molecule is COC(=O)[C]1[CH][CH][CH][C]1P(c1ccccc1)c1ccccc1. The van der Waals surface area contributed by atoms with E-state index >= 15 is 0 Å². The van der Waals surface area contributed by atoms with E-state index in [9.17, 15) is 4.79 Å². The van der Waals surface area contributed by atoms with Crippen LogP contribution in [-0.4, -0.2) is 13.1 Å². The van der Waals surface area contributed by atoms with E-state index in [1.54, 1.807) is 0 Å². The minimum absolute atomic E-state index is 0.278. The fraction of sp³-hybridized carbons (Fsp3) is 0.0526. The smallest absolute Gasteiger partial charge is 0.314 e. The number of methoxy groups -OCH3 is 1. The molecular weight excluding hydrogens is 291 g/mol. The van der Waals surface area contributed by atoms with Crippen LogP contribution in [0.25, 0.3) is 0 Å². The molecule has 0 bridgehead atoms. The van der Waals surface area contributed by atoms with Crippen LogP contribution in [0.4, 0.5) is 0 Å². The van der Waals surface area contributed by atoms with Gasteiger partial charge in [0.1, 0.15) is 5.92 Å². The number of hydrogen-bond donors (Lipinski definition) is 0. The van der Waals surface area contributed by atoms with Crippen LogP contribution < -0.4 is 10.6 Å². The van der Waals surface area contributed by atoms with Gasteiger partial charge in [-0.1, -0.05) is 60.7 Å². The Bertz CT molecular complexity index is 572. The van der Waals surface area contributed by atoms with Gasteiger partial charge < -0.3 is 4.74 Å². The van der Waals surface area contributed by atoms with E-state index in [0.717, 1.165) is 5.66 Å². The van der Waals surface area contributed by atoms with Gasteiger partial charge in [0.25, 0.3) is 0 Å². The molecule has 2 aromatic carbocycles. The minimum Gasteiger partial charge on any atom is -0.469 e. The number of hydrogen-bond acceptors (Lipinski definition) is 2. The summed E-state index contributed by atoms with van der Waals surface area (Å²) in [6.07, 6.45) is 5.78. The van der Waals surface area contributed by atoms with Crippen LogP contribution in [0.5, 0.6) is 0 Å². The third kappa shape index (κ3) is 3.08. The molecule has 0 atom stereocenters. The summed E-state index contributed by atoms with van der Waals surface area (Å²) in [6, 6.07) is 20.6. The molecule has 0 aromatic heterocycles. The van der Waals surface area contributed by atoms with Crippen LogP contribution in [0.15, 0.2) is 60.7 Å². The number of rotatable bonds is 4. The molecule has 0 amide bonds. The fourth-order valence-electron chi connectivity index (χ4n) is 2.47. The number of ether oxygens (including phenoxy) is 1. The van der Waals surface area contributed by atoms with Gasteiger partial charge in [-0.05, 0) is 37.8 Å². The number of esters is 1. The van der Waals surface area contributed by atoms with Crippen LogP contribution in [0.2, 0.25) is 0 Å². The van der Waals surface area contributed by atoms with E-state index in [4.69, 9.17) is 4.74 Å². The van der Waals surface area contributed by atoms with Crippen molar-refractivity contribution < 1.29 is 9.53 Å². The third-order valence-corrected chi connectivity index (χ3v) is 5.97. The fourth-order valence-corrected chi connectivity index (χ4v) is 4.91. The highest BCUT2D eigenvalue weighted by atomic mass is 31.1. The van der Waals surface area contributed by atoms with Gasteiger partial charge in [-0.15, -0.1) is 0 Å². The lowest BCUT2D eigenvalue weighted by molar-refractivity contribution is -0.137. The lowest BCUT2D eigenvalue weighted by Gasteiger charge is -2.27. The molecule has 5 radical (unpaired) electrons. The van der Waals surface area contributed by atoms with Crippen molar-refractivity contribution in [1.82, 2.24) is 0 Å². The van der Waals surface area contributed by atoms with Crippen molar-refractivity contribution in [2.24, 2.45) is 0 Å². The first-order valence-corrected chi connectivity index (χ1v) is 8.39. The van der Waals surface area contributed by atoms with Gasteiger partial charge in [0.15, 0.2) is 0 Å². The highest BCUT2D eigenvalue weighted by Gasteiger charge is 2.41. The van der Waals surface area contributed by atoms with Crippen LogP contribution in [0.1, 0.15) is 0 Å².